The fraction of sp³-hybridized carbons (Fsp3) is 0.600. The van der Waals surface area contributed by atoms with Crippen molar-refractivity contribution in [2.75, 3.05) is 64.3 Å². The zero-order valence-corrected chi connectivity index (χ0v) is 18.7. The van der Waals surface area contributed by atoms with Crippen LogP contribution in [0, 0.1) is 13.8 Å². The first kappa shape index (κ1) is 21.2. The molecule has 0 saturated carbocycles. The van der Waals surface area contributed by atoms with E-state index in [9.17, 15) is 8.42 Å². The zero-order chi connectivity index (χ0) is 21.3. The van der Waals surface area contributed by atoms with Gasteiger partial charge in [-0.15, -0.1) is 0 Å². The second kappa shape index (κ2) is 8.62. The summed E-state index contributed by atoms with van der Waals surface area (Å²) < 4.78 is 32.5. The van der Waals surface area contributed by atoms with Crippen LogP contribution in [0.15, 0.2) is 27.7 Å². The molecule has 2 saturated heterocycles. The van der Waals surface area contributed by atoms with Crippen molar-refractivity contribution < 1.29 is 12.9 Å². The molecule has 0 radical (unpaired) electrons. The third-order valence-corrected chi connectivity index (χ3v) is 7.96. The van der Waals surface area contributed by atoms with E-state index in [0.717, 1.165) is 63.1 Å². The maximum atomic E-state index is 12.9. The minimum Gasteiger partial charge on any atom is -0.361 e. The van der Waals surface area contributed by atoms with Crippen LogP contribution in [0.4, 0.5) is 5.82 Å². The quantitative estimate of drug-likeness (QED) is 0.688. The molecule has 2 aromatic heterocycles. The van der Waals surface area contributed by atoms with E-state index in [1.807, 2.05) is 27.0 Å². The highest BCUT2D eigenvalue weighted by atomic mass is 32.2. The number of aryl methyl sites for hydroxylation is 2. The molecule has 2 aromatic rings. The van der Waals surface area contributed by atoms with Crippen molar-refractivity contribution in [2.45, 2.75) is 25.3 Å². The highest BCUT2D eigenvalue weighted by Gasteiger charge is 2.28. The molecular formula is C20H30N6O3S. The Bertz CT molecular complexity index is 939. The van der Waals surface area contributed by atoms with E-state index < -0.39 is 10.0 Å². The third kappa shape index (κ3) is 4.36. The Labute approximate surface area is 178 Å². The Morgan fingerprint density at radius 2 is 1.70 bits per heavy atom. The summed E-state index contributed by atoms with van der Waals surface area (Å²) >= 11 is 0. The number of aromatic nitrogens is 2. The molecule has 4 heterocycles. The molecule has 0 spiro atoms. The summed E-state index contributed by atoms with van der Waals surface area (Å²) in [5, 5.41) is 4.03. The van der Waals surface area contributed by atoms with Gasteiger partial charge in [0.05, 0.1) is 5.69 Å². The molecule has 0 aliphatic carbocycles. The minimum absolute atomic E-state index is 0.271. The standard InChI is InChI=1S/C20H30N6O3S/c1-16-19(17(2)29-22-16)15-24-8-10-25(11-9-24)20-5-4-18(14-21-20)30(27,28)26-12-6-23(3)7-13-26/h4-5,14H,6-13,15H2,1-3H3. The van der Waals surface area contributed by atoms with Crippen LogP contribution >= 0.6 is 0 Å². The van der Waals surface area contributed by atoms with Gasteiger partial charge in [-0.1, -0.05) is 5.16 Å². The molecule has 4 rings (SSSR count). The van der Waals surface area contributed by atoms with Gasteiger partial charge in [0.15, 0.2) is 0 Å². The Hall–Kier alpha value is -2.01. The molecule has 30 heavy (non-hydrogen) atoms. The fourth-order valence-corrected chi connectivity index (χ4v) is 5.34. The summed E-state index contributed by atoms with van der Waals surface area (Å²) in [6.07, 6.45) is 1.50. The van der Waals surface area contributed by atoms with E-state index in [4.69, 9.17) is 4.52 Å². The first-order valence-corrected chi connectivity index (χ1v) is 11.8. The molecule has 0 atom stereocenters. The van der Waals surface area contributed by atoms with Gasteiger partial charge in [0.2, 0.25) is 10.0 Å². The number of hydrogen-bond acceptors (Lipinski definition) is 8. The summed E-state index contributed by atoms with van der Waals surface area (Å²) in [4.78, 5) is 11.5. The number of likely N-dealkylation sites (N-methyl/N-ethyl adjacent to an activating group) is 1. The Kier molecular flexibility index (Phi) is 6.10. The summed E-state index contributed by atoms with van der Waals surface area (Å²) in [5.74, 6) is 1.71. The average Bonchev–Trinajstić information content (AvgIpc) is 3.07. The normalized spacial score (nSPS) is 20.0. The lowest BCUT2D eigenvalue weighted by molar-refractivity contribution is 0.222. The molecule has 164 valence electrons. The Morgan fingerprint density at radius 1 is 1.00 bits per heavy atom. The van der Waals surface area contributed by atoms with Crippen LogP contribution in [0.25, 0.3) is 0 Å². The predicted octanol–water partition coefficient (Wildman–Crippen LogP) is 0.945. The van der Waals surface area contributed by atoms with Gasteiger partial charge in [-0.2, -0.15) is 4.31 Å². The molecule has 2 fully saturated rings. The first-order valence-electron chi connectivity index (χ1n) is 10.4. The van der Waals surface area contributed by atoms with E-state index in [-0.39, 0.29) is 4.90 Å². The van der Waals surface area contributed by atoms with Gasteiger partial charge >= 0.3 is 0 Å². The van der Waals surface area contributed by atoms with Crippen LogP contribution in [0.1, 0.15) is 17.0 Å². The number of sulfonamides is 1. The summed E-state index contributed by atoms with van der Waals surface area (Å²) in [7, 11) is -1.47. The lowest BCUT2D eigenvalue weighted by Gasteiger charge is -2.35. The van der Waals surface area contributed by atoms with Gasteiger partial charge in [0.1, 0.15) is 16.5 Å². The van der Waals surface area contributed by atoms with Crippen LogP contribution in [0.2, 0.25) is 0 Å². The monoisotopic (exact) mass is 434 g/mol. The van der Waals surface area contributed by atoms with Gasteiger partial charge < -0.3 is 14.3 Å². The number of hydrogen-bond donors (Lipinski definition) is 0. The summed E-state index contributed by atoms with van der Waals surface area (Å²) in [6, 6.07) is 3.51. The summed E-state index contributed by atoms with van der Waals surface area (Å²) in [5.41, 5.74) is 2.12. The number of piperazine rings is 2. The zero-order valence-electron chi connectivity index (χ0n) is 17.9. The van der Waals surface area contributed by atoms with Gasteiger partial charge in [-0.3, -0.25) is 4.90 Å². The molecule has 2 aliphatic rings. The van der Waals surface area contributed by atoms with Crippen molar-refractivity contribution in [1.29, 1.82) is 0 Å². The maximum absolute atomic E-state index is 12.9. The van der Waals surface area contributed by atoms with Crippen LogP contribution < -0.4 is 4.90 Å². The van der Waals surface area contributed by atoms with Crippen molar-refractivity contribution in [3.05, 3.63) is 35.3 Å². The van der Waals surface area contributed by atoms with Crippen molar-refractivity contribution in [2.24, 2.45) is 0 Å². The SMILES string of the molecule is Cc1noc(C)c1CN1CCN(c2ccc(S(=O)(=O)N3CCN(C)CC3)cn2)CC1. The second-order valence-electron chi connectivity index (χ2n) is 8.13. The molecule has 0 bridgehead atoms. The molecule has 10 heteroatoms. The second-order valence-corrected chi connectivity index (χ2v) is 10.1. The van der Waals surface area contributed by atoms with E-state index in [1.165, 1.54) is 11.8 Å². The smallest absolute Gasteiger partial charge is 0.244 e. The lowest BCUT2D eigenvalue weighted by atomic mass is 10.2. The Morgan fingerprint density at radius 3 is 2.27 bits per heavy atom. The van der Waals surface area contributed by atoms with Gasteiger partial charge in [-0.05, 0) is 33.0 Å². The Balaban J connectivity index is 1.36. The third-order valence-electron chi connectivity index (χ3n) is 6.08. The van der Waals surface area contributed by atoms with E-state index in [2.05, 4.69) is 24.8 Å². The van der Waals surface area contributed by atoms with Crippen molar-refractivity contribution in [1.82, 2.24) is 24.2 Å². The molecule has 0 unspecified atom stereocenters. The largest absolute Gasteiger partial charge is 0.361 e. The number of anilines is 1. The number of pyridine rings is 1. The van der Waals surface area contributed by atoms with Crippen molar-refractivity contribution in [3.63, 3.8) is 0 Å². The van der Waals surface area contributed by atoms with Crippen molar-refractivity contribution >= 4 is 15.8 Å². The molecule has 2 aliphatic heterocycles. The van der Waals surface area contributed by atoms with E-state index >= 15 is 0 Å². The maximum Gasteiger partial charge on any atom is 0.244 e. The van der Waals surface area contributed by atoms with Gasteiger partial charge in [-0.25, -0.2) is 13.4 Å². The summed E-state index contributed by atoms with van der Waals surface area (Å²) in [6.45, 7) is 10.8. The van der Waals surface area contributed by atoms with Crippen molar-refractivity contribution in [3.8, 4) is 0 Å². The lowest BCUT2D eigenvalue weighted by Crippen LogP contribution is -2.47. The number of nitrogens with zero attached hydrogens (tertiary/aromatic N) is 6. The highest BCUT2D eigenvalue weighted by molar-refractivity contribution is 7.89. The van der Waals surface area contributed by atoms with Crippen LogP contribution in [0.3, 0.4) is 0 Å². The average molecular weight is 435 g/mol. The molecule has 0 amide bonds. The van der Waals surface area contributed by atoms with Gasteiger partial charge in [0.25, 0.3) is 0 Å². The number of rotatable bonds is 5. The molecule has 0 aromatic carbocycles. The molecular weight excluding hydrogens is 404 g/mol. The van der Waals surface area contributed by atoms with E-state index in [1.54, 1.807) is 10.4 Å². The predicted molar refractivity (Wildman–Crippen MR) is 114 cm³/mol. The van der Waals surface area contributed by atoms with Crippen LogP contribution in [0.5, 0.6) is 0 Å². The molecule has 0 N–H and O–H groups in total. The highest BCUT2D eigenvalue weighted by Crippen LogP contribution is 2.21. The fourth-order valence-electron chi connectivity index (χ4n) is 3.98. The minimum atomic E-state index is -3.48. The van der Waals surface area contributed by atoms with Crippen LogP contribution in [-0.4, -0.2) is 92.1 Å². The van der Waals surface area contributed by atoms with E-state index in [0.29, 0.717) is 13.1 Å². The van der Waals surface area contributed by atoms with Gasteiger partial charge in [0, 0.05) is 70.7 Å². The topological polar surface area (TPSA) is 86.0 Å². The first-order chi connectivity index (χ1) is 14.3. The van der Waals surface area contributed by atoms with Crippen LogP contribution in [-0.2, 0) is 16.6 Å². The molecule has 9 nitrogen and oxygen atoms in total.